The van der Waals surface area contributed by atoms with Crippen LogP contribution in [0.1, 0.15) is 61.7 Å². The van der Waals surface area contributed by atoms with Gasteiger partial charge in [0.05, 0.1) is 28.8 Å². The Kier molecular flexibility index (Phi) is 10.1. The first-order chi connectivity index (χ1) is 19.8. The van der Waals surface area contributed by atoms with Gasteiger partial charge in [-0.15, -0.1) is 11.3 Å². The molecule has 1 aliphatic rings. The number of fused-ring (bicyclic) bond motifs is 1. The van der Waals surface area contributed by atoms with E-state index in [1.54, 1.807) is 37.8 Å². The van der Waals surface area contributed by atoms with Crippen LogP contribution in [0.4, 0.5) is 8.78 Å². The fraction of sp³-hybridized carbons (Fsp3) is 0.448. The van der Waals surface area contributed by atoms with Crippen molar-refractivity contribution in [1.82, 2.24) is 10.2 Å². The molecule has 1 aliphatic carbocycles. The monoisotopic (exact) mass is 622 g/mol. The van der Waals surface area contributed by atoms with Gasteiger partial charge in [-0.25, -0.2) is 8.78 Å². The molecule has 0 spiro atoms. The minimum Gasteiger partial charge on any atom is -0.496 e. The van der Waals surface area contributed by atoms with E-state index in [0.29, 0.717) is 37.0 Å². The van der Waals surface area contributed by atoms with Crippen molar-refractivity contribution >= 4 is 57.5 Å². The lowest BCUT2D eigenvalue weighted by Crippen LogP contribution is -2.46. The third kappa shape index (κ3) is 7.41. The number of carbonyl (C=O) groups excluding carboxylic acids is 2. The Hall–Kier alpha value is -2.77. The van der Waals surface area contributed by atoms with Crippen molar-refractivity contribution in [1.29, 1.82) is 0 Å². The van der Waals surface area contributed by atoms with Gasteiger partial charge in [-0.05, 0) is 70.1 Å². The first-order valence-electron chi connectivity index (χ1n) is 13.6. The van der Waals surface area contributed by atoms with Crippen molar-refractivity contribution in [2.45, 2.75) is 70.7 Å². The van der Waals surface area contributed by atoms with E-state index >= 15 is 0 Å². The van der Waals surface area contributed by atoms with Crippen LogP contribution in [0.5, 0.6) is 5.75 Å². The van der Waals surface area contributed by atoms with Crippen LogP contribution in [-0.2, 0) is 16.1 Å². The fourth-order valence-corrected chi connectivity index (χ4v) is 6.70. The van der Waals surface area contributed by atoms with Gasteiger partial charge in [-0.1, -0.05) is 23.7 Å². The Bertz CT molecular complexity index is 1460. The molecule has 3 aromatic rings. The number of methoxy groups -OCH3 is 1. The van der Waals surface area contributed by atoms with Crippen LogP contribution in [0.25, 0.3) is 10.1 Å². The van der Waals surface area contributed by atoms with Gasteiger partial charge in [0.1, 0.15) is 27.9 Å². The van der Waals surface area contributed by atoms with Crippen LogP contribution in [0, 0.1) is 11.6 Å². The van der Waals surface area contributed by atoms with Crippen molar-refractivity contribution in [3.05, 3.63) is 57.4 Å². The highest BCUT2D eigenvalue weighted by molar-refractivity contribution is 7.21. The van der Waals surface area contributed by atoms with Crippen LogP contribution >= 0.6 is 22.9 Å². The van der Waals surface area contributed by atoms with Crippen molar-refractivity contribution in [2.24, 2.45) is 0 Å². The van der Waals surface area contributed by atoms with Gasteiger partial charge in [0, 0.05) is 24.2 Å². The number of ether oxygens (including phenoxy) is 2. The number of hydrogen-bond acceptors (Lipinski definition) is 8. The molecule has 0 bridgehead atoms. The number of benzene rings is 2. The number of nitrogens with zero attached hydrogens (tertiary/aromatic N) is 1. The molecule has 0 unspecified atom stereocenters. The molecule has 0 radical (unpaired) electrons. The Balaban J connectivity index is 1.61. The molecule has 1 amide bonds. The Morgan fingerprint density at radius 2 is 1.79 bits per heavy atom. The summed E-state index contributed by atoms with van der Waals surface area (Å²) in [7, 11) is -0.260. The molecule has 8 nitrogen and oxygen atoms in total. The molecule has 1 heterocycles. The number of amides is 1. The first kappa shape index (κ1) is 32.2. The molecule has 1 aromatic heterocycles. The molecular weight excluding hydrogens is 589 g/mol. The third-order valence-corrected chi connectivity index (χ3v) is 8.85. The zero-order valence-corrected chi connectivity index (χ0v) is 25.5. The lowest BCUT2D eigenvalue weighted by atomic mass is 9.79. The molecule has 13 heteroatoms. The normalized spacial score (nSPS) is 17.3. The number of hydrogen-bond donors (Lipinski definition) is 3. The highest BCUT2D eigenvalue weighted by atomic mass is 35.5. The van der Waals surface area contributed by atoms with Crippen LogP contribution in [0.3, 0.4) is 0 Å². The molecule has 2 aromatic carbocycles. The molecule has 0 atom stereocenters. The number of thiophene rings is 1. The first-order valence-corrected chi connectivity index (χ1v) is 14.8. The summed E-state index contributed by atoms with van der Waals surface area (Å²) in [5, 5.41) is 22.4. The van der Waals surface area contributed by atoms with Crippen molar-refractivity contribution in [2.75, 3.05) is 13.7 Å². The number of rotatable bonds is 9. The summed E-state index contributed by atoms with van der Waals surface area (Å²) in [5.74, 6) is -1.81. The molecule has 4 rings (SSSR count). The fourth-order valence-electron chi connectivity index (χ4n) is 5.20. The van der Waals surface area contributed by atoms with Crippen LogP contribution in [0.15, 0.2) is 30.3 Å². The van der Waals surface area contributed by atoms with E-state index in [-0.39, 0.29) is 56.6 Å². The quantitative estimate of drug-likeness (QED) is 0.240. The maximum Gasteiger partial charge on any atom is 0.488 e. The highest BCUT2D eigenvalue weighted by Gasteiger charge is 2.33. The summed E-state index contributed by atoms with van der Waals surface area (Å²) >= 11 is 7.29. The molecular formula is C29H34BClF2N2O6S. The highest BCUT2D eigenvalue weighted by Crippen LogP contribution is 2.40. The summed E-state index contributed by atoms with van der Waals surface area (Å²) in [5.41, 5.74) is 0.162. The van der Waals surface area contributed by atoms with Gasteiger partial charge in [0.25, 0.3) is 5.91 Å². The molecule has 226 valence electrons. The maximum atomic E-state index is 14.6. The van der Waals surface area contributed by atoms with E-state index < -0.39 is 30.3 Å². The Morgan fingerprint density at radius 3 is 2.38 bits per heavy atom. The lowest BCUT2D eigenvalue weighted by Gasteiger charge is -2.37. The summed E-state index contributed by atoms with van der Waals surface area (Å²) in [4.78, 5) is 27.9. The summed E-state index contributed by atoms with van der Waals surface area (Å²) in [6.07, 6.45) is 2.47. The topological polar surface area (TPSA) is 108 Å². The predicted octanol–water partition coefficient (Wildman–Crippen LogP) is 4.41. The number of carbonyl (C=O) groups is 2. The second kappa shape index (κ2) is 13.3. The number of nitrogens with one attached hydrogen (secondary N) is 1. The minimum atomic E-state index is -1.73. The maximum absolute atomic E-state index is 14.6. The zero-order chi connectivity index (χ0) is 30.8. The van der Waals surface area contributed by atoms with E-state index in [4.69, 9.17) is 21.1 Å². The molecule has 1 saturated carbocycles. The lowest BCUT2D eigenvalue weighted by molar-refractivity contribution is -0.153. The molecule has 1 fully saturated rings. The average Bonchev–Trinajstić information content (AvgIpc) is 3.29. The van der Waals surface area contributed by atoms with E-state index in [2.05, 4.69) is 5.32 Å². The second-order valence-corrected chi connectivity index (χ2v) is 12.7. The van der Waals surface area contributed by atoms with Crippen LogP contribution in [0.2, 0.25) is 5.02 Å². The number of esters is 1. The number of halogens is 3. The van der Waals surface area contributed by atoms with Crippen molar-refractivity contribution < 1.29 is 37.9 Å². The van der Waals surface area contributed by atoms with Gasteiger partial charge in [0.2, 0.25) is 0 Å². The van der Waals surface area contributed by atoms with Gasteiger partial charge in [0.15, 0.2) is 0 Å². The summed E-state index contributed by atoms with van der Waals surface area (Å²) < 4.78 is 40.0. The molecule has 42 heavy (non-hydrogen) atoms. The Labute approximate surface area is 252 Å². The largest absolute Gasteiger partial charge is 0.496 e. The Morgan fingerprint density at radius 1 is 1.12 bits per heavy atom. The van der Waals surface area contributed by atoms with Crippen LogP contribution in [-0.4, -0.2) is 65.3 Å². The minimum absolute atomic E-state index is 0.0122. The van der Waals surface area contributed by atoms with Gasteiger partial charge >= 0.3 is 13.1 Å². The van der Waals surface area contributed by atoms with Crippen LogP contribution < -0.4 is 15.5 Å². The van der Waals surface area contributed by atoms with Gasteiger partial charge in [-0.3, -0.25) is 9.59 Å². The molecule has 0 aliphatic heterocycles. The van der Waals surface area contributed by atoms with Gasteiger partial charge in [-0.2, -0.15) is 0 Å². The van der Waals surface area contributed by atoms with Gasteiger partial charge < -0.3 is 29.7 Å². The van der Waals surface area contributed by atoms with E-state index in [9.17, 15) is 28.4 Å². The predicted molar refractivity (Wildman–Crippen MR) is 159 cm³/mol. The summed E-state index contributed by atoms with van der Waals surface area (Å²) in [6.45, 7) is 5.51. The standard InChI is InChI=1S/C29H34BClF2N2O6S/c1-29(2,3)41-23(36)14-34-18-6-8-19(9-7-18)35(15-16-13-17(30(38)39)5-12-22(16)40-4)28(37)27-25(31)24-20(32)10-11-21(33)26(24)42-27/h5,10-13,18-19,34,38-39H,6-9,14-15H2,1-4H3. The van der Waals surface area contributed by atoms with Crippen molar-refractivity contribution in [3.63, 3.8) is 0 Å². The van der Waals surface area contributed by atoms with E-state index in [1.165, 1.54) is 13.2 Å². The molecule has 0 saturated heterocycles. The van der Waals surface area contributed by atoms with E-state index in [1.807, 2.05) is 0 Å². The molecule has 3 N–H and O–H groups in total. The zero-order valence-electron chi connectivity index (χ0n) is 23.9. The SMILES string of the molecule is COc1ccc(B(O)O)cc1CN(C(=O)c1sc2c(F)ccc(F)c2c1Cl)C1CCC(NCC(=O)OC(C)(C)C)CC1. The second-order valence-electron chi connectivity index (χ2n) is 11.3. The van der Waals surface area contributed by atoms with E-state index in [0.717, 1.165) is 23.5 Å². The van der Waals surface area contributed by atoms with Crippen molar-refractivity contribution in [3.8, 4) is 5.75 Å². The summed E-state index contributed by atoms with van der Waals surface area (Å²) in [6, 6.07) is 6.37. The smallest absolute Gasteiger partial charge is 0.488 e. The average molecular weight is 623 g/mol. The third-order valence-electron chi connectivity index (χ3n) is 7.17.